The van der Waals surface area contributed by atoms with E-state index < -0.39 is 5.97 Å². The molecule has 6 nitrogen and oxygen atoms in total. The Morgan fingerprint density at radius 3 is 2.91 bits per heavy atom. The van der Waals surface area contributed by atoms with Gasteiger partial charge in [0.05, 0.1) is 0 Å². The smallest absolute Gasteiger partial charge is 0.336 e. The number of carbonyl (C=O) groups is 1. The summed E-state index contributed by atoms with van der Waals surface area (Å²) in [6.45, 7) is 0.171. The number of nitrogens with zero attached hydrogens (tertiary/aromatic N) is 1. The van der Waals surface area contributed by atoms with Gasteiger partial charge in [-0.2, -0.15) is 0 Å². The van der Waals surface area contributed by atoms with Crippen LogP contribution in [-0.4, -0.2) is 17.7 Å². The zero-order valence-electron chi connectivity index (χ0n) is 11.9. The van der Waals surface area contributed by atoms with Gasteiger partial charge < -0.3 is 18.6 Å². The molecule has 2 aromatic carbocycles. The fourth-order valence-corrected chi connectivity index (χ4v) is 2.19. The molecule has 1 aromatic heterocycles. The summed E-state index contributed by atoms with van der Waals surface area (Å²) in [5.74, 6) is 1.37. The van der Waals surface area contributed by atoms with Crippen LogP contribution < -0.4 is 14.2 Å². The van der Waals surface area contributed by atoms with Crippen molar-refractivity contribution in [3.63, 3.8) is 0 Å². The molecule has 0 saturated carbocycles. The zero-order valence-corrected chi connectivity index (χ0v) is 11.9. The number of para-hydroxylation sites is 2. The van der Waals surface area contributed by atoms with E-state index in [1.54, 1.807) is 18.2 Å². The van der Waals surface area contributed by atoms with E-state index in [1.807, 2.05) is 24.3 Å². The van der Waals surface area contributed by atoms with Crippen molar-refractivity contribution in [2.45, 2.75) is 0 Å². The van der Waals surface area contributed by atoms with Crippen LogP contribution in [-0.2, 0) is 4.79 Å². The minimum absolute atomic E-state index is 0.171. The highest BCUT2D eigenvalue weighted by molar-refractivity contribution is 5.88. The van der Waals surface area contributed by atoms with Crippen molar-refractivity contribution in [1.29, 1.82) is 0 Å². The molecule has 0 amide bonds. The van der Waals surface area contributed by atoms with E-state index in [-0.39, 0.29) is 6.79 Å². The lowest BCUT2D eigenvalue weighted by molar-refractivity contribution is -0.128. The first-order valence-electron chi connectivity index (χ1n) is 6.93. The Morgan fingerprint density at radius 2 is 2.00 bits per heavy atom. The summed E-state index contributed by atoms with van der Waals surface area (Å²) in [4.78, 5) is 16.1. The molecule has 114 valence electrons. The molecule has 0 atom stereocenters. The second-order valence-corrected chi connectivity index (χ2v) is 4.79. The first kappa shape index (κ1) is 13.4. The van der Waals surface area contributed by atoms with E-state index >= 15 is 0 Å². The summed E-state index contributed by atoms with van der Waals surface area (Å²) in [6, 6.07) is 12.3. The van der Waals surface area contributed by atoms with Gasteiger partial charge >= 0.3 is 5.97 Å². The number of esters is 1. The number of benzene rings is 2. The lowest BCUT2D eigenvalue weighted by Crippen LogP contribution is -2.03. The number of fused-ring (bicyclic) bond motifs is 2. The summed E-state index contributed by atoms with van der Waals surface area (Å²) in [7, 11) is 0. The van der Waals surface area contributed by atoms with Crippen molar-refractivity contribution < 1.29 is 23.4 Å². The van der Waals surface area contributed by atoms with Crippen LogP contribution in [0.1, 0.15) is 5.89 Å². The summed E-state index contributed by atoms with van der Waals surface area (Å²) < 4.78 is 21.1. The highest BCUT2D eigenvalue weighted by Crippen LogP contribution is 2.35. The minimum Gasteiger partial charge on any atom is -0.454 e. The van der Waals surface area contributed by atoms with E-state index in [0.29, 0.717) is 28.7 Å². The highest BCUT2D eigenvalue weighted by Gasteiger charge is 2.14. The van der Waals surface area contributed by atoms with Gasteiger partial charge in [0, 0.05) is 18.2 Å². The minimum atomic E-state index is -0.536. The molecule has 2 heterocycles. The Balaban J connectivity index is 1.47. The largest absolute Gasteiger partial charge is 0.454 e. The summed E-state index contributed by atoms with van der Waals surface area (Å²) in [6.07, 6.45) is 2.73. The Kier molecular flexibility index (Phi) is 3.20. The number of rotatable bonds is 3. The molecule has 0 aliphatic carbocycles. The lowest BCUT2D eigenvalue weighted by atomic mass is 10.3. The molecular formula is C17H11NO5. The van der Waals surface area contributed by atoms with Gasteiger partial charge in [0.25, 0.3) is 0 Å². The van der Waals surface area contributed by atoms with Gasteiger partial charge in [-0.15, -0.1) is 0 Å². The van der Waals surface area contributed by atoms with Crippen LogP contribution in [0.5, 0.6) is 17.2 Å². The lowest BCUT2D eigenvalue weighted by Gasteiger charge is -2.02. The van der Waals surface area contributed by atoms with Gasteiger partial charge in [-0.25, -0.2) is 9.78 Å². The van der Waals surface area contributed by atoms with Gasteiger partial charge in [0.1, 0.15) is 11.3 Å². The van der Waals surface area contributed by atoms with Crippen molar-refractivity contribution in [3.05, 3.63) is 54.4 Å². The third-order valence-electron chi connectivity index (χ3n) is 3.23. The van der Waals surface area contributed by atoms with Crippen LogP contribution in [0.2, 0.25) is 0 Å². The van der Waals surface area contributed by atoms with Crippen LogP contribution in [0.15, 0.2) is 53.0 Å². The summed E-state index contributed by atoms with van der Waals surface area (Å²) in [5.41, 5.74) is 1.40. The molecule has 0 N–H and O–H groups in total. The van der Waals surface area contributed by atoms with E-state index in [2.05, 4.69) is 4.98 Å². The van der Waals surface area contributed by atoms with E-state index in [1.165, 1.54) is 12.2 Å². The maximum atomic E-state index is 11.9. The topological polar surface area (TPSA) is 70.8 Å². The molecule has 1 aliphatic rings. The third-order valence-corrected chi connectivity index (χ3v) is 3.23. The SMILES string of the molecule is O=C(/C=C/c1nc2ccccc2o1)Oc1ccc2c(c1)OCO2. The van der Waals surface area contributed by atoms with Gasteiger partial charge in [0.2, 0.25) is 12.7 Å². The number of carbonyl (C=O) groups excluding carboxylic acids is 1. The van der Waals surface area contributed by atoms with Gasteiger partial charge in [-0.3, -0.25) is 0 Å². The van der Waals surface area contributed by atoms with Crippen molar-refractivity contribution in [2.24, 2.45) is 0 Å². The fourth-order valence-electron chi connectivity index (χ4n) is 2.19. The number of hydrogen-bond acceptors (Lipinski definition) is 6. The Labute approximate surface area is 130 Å². The highest BCUT2D eigenvalue weighted by atomic mass is 16.7. The first-order chi connectivity index (χ1) is 11.3. The molecular weight excluding hydrogens is 298 g/mol. The number of aromatic nitrogens is 1. The summed E-state index contributed by atoms with van der Waals surface area (Å²) in [5, 5.41) is 0. The molecule has 23 heavy (non-hydrogen) atoms. The molecule has 0 unspecified atom stereocenters. The maximum absolute atomic E-state index is 11.9. The second-order valence-electron chi connectivity index (χ2n) is 4.79. The third kappa shape index (κ3) is 2.74. The molecule has 4 rings (SSSR count). The number of ether oxygens (including phenoxy) is 3. The van der Waals surface area contributed by atoms with Gasteiger partial charge in [0.15, 0.2) is 17.1 Å². The van der Waals surface area contributed by atoms with Crippen LogP contribution in [0, 0.1) is 0 Å². The molecule has 1 aliphatic heterocycles. The maximum Gasteiger partial charge on any atom is 0.336 e. The molecule has 0 fully saturated rings. The molecule has 0 radical (unpaired) electrons. The van der Waals surface area contributed by atoms with Gasteiger partial charge in [-0.1, -0.05) is 12.1 Å². The Bertz CT molecular complexity index is 879. The predicted octanol–water partition coefficient (Wildman–Crippen LogP) is 3.18. The average molecular weight is 309 g/mol. The fraction of sp³-hybridized carbons (Fsp3) is 0.0588. The normalized spacial score (nSPS) is 12.9. The molecule has 0 bridgehead atoms. The molecule has 6 heteroatoms. The van der Waals surface area contributed by atoms with Crippen LogP contribution in [0.4, 0.5) is 0 Å². The van der Waals surface area contributed by atoms with Crippen LogP contribution in [0.3, 0.4) is 0 Å². The van der Waals surface area contributed by atoms with E-state index in [9.17, 15) is 4.79 Å². The number of oxazole rings is 1. The second kappa shape index (κ2) is 5.49. The van der Waals surface area contributed by atoms with Crippen LogP contribution in [0.25, 0.3) is 17.2 Å². The van der Waals surface area contributed by atoms with Crippen molar-refractivity contribution >= 4 is 23.1 Å². The average Bonchev–Trinajstić information content (AvgIpc) is 3.18. The molecule has 0 saturated heterocycles. The Morgan fingerprint density at radius 1 is 1.13 bits per heavy atom. The quantitative estimate of drug-likeness (QED) is 0.420. The van der Waals surface area contributed by atoms with E-state index in [0.717, 1.165) is 5.52 Å². The van der Waals surface area contributed by atoms with Crippen LogP contribution >= 0.6 is 0 Å². The summed E-state index contributed by atoms with van der Waals surface area (Å²) >= 11 is 0. The molecule has 0 spiro atoms. The van der Waals surface area contributed by atoms with Crippen molar-refractivity contribution in [1.82, 2.24) is 4.98 Å². The van der Waals surface area contributed by atoms with E-state index in [4.69, 9.17) is 18.6 Å². The van der Waals surface area contributed by atoms with Crippen molar-refractivity contribution in [2.75, 3.05) is 6.79 Å². The first-order valence-corrected chi connectivity index (χ1v) is 6.93. The van der Waals surface area contributed by atoms with Crippen molar-refractivity contribution in [3.8, 4) is 17.2 Å². The monoisotopic (exact) mass is 309 g/mol. The Hall–Kier alpha value is -3.28. The standard InChI is InChI=1S/C17H11NO5/c19-17(22-11-5-6-14-15(9-11)21-10-20-14)8-7-16-18-12-3-1-2-4-13(12)23-16/h1-9H,10H2/b8-7+. The number of hydrogen-bond donors (Lipinski definition) is 0. The van der Waals surface area contributed by atoms with Gasteiger partial charge in [-0.05, 0) is 24.3 Å². The molecule has 3 aromatic rings. The predicted molar refractivity (Wildman–Crippen MR) is 81.2 cm³/mol. The zero-order chi connectivity index (χ0) is 15.6.